The molecule has 1 amide bonds. The number of hydrogen-bond acceptors (Lipinski definition) is 3. The van der Waals surface area contributed by atoms with Crippen molar-refractivity contribution in [1.82, 2.24) is 9.88 Å². The van der Waals surface area contributed by atoms with Gasteiger partial charge in [0.15, 0.2) is 0 Å². The Balaban J connectivity index is 2.08. The van der Waals surface area contributed by atoms with Gasteiger partial charge in [0.05, 0.1) is 5.54 Å². The Hall–Kier alpha value is -1.42. The lowest BCUT2D eigenvalue weighted by atomic mass is 9.76. The molecule has 2 unspecified atom stereocenters. The van der Waals surface area contributed by atoms with E-state index in [1.165, 1.54) is 6.42 Å². The second-order valence-corrected chi connectivity index (χ2v) is 6.03. The van der Waals surface area contributed by atoms with Crippen LogP contribution in [0.1, 0.15) is 45.1 Å². The maximum Gasteiger partial charge on any atom is 0.242 e. The number of nitrogens with two attached hydrogens (primary N) is 1. The van der Waals surface area contributed by atoms with Crippen LogP contribution in [0.25, 0.3) is 0 Å². The Morgan fingerprint density at radius 2 is 2.20 bits per heavy atom. The number of likely N-dealkylation sites (N-methyl/N-ethyl adjacent to an activating group) is 1. The summed E-state index contributed by atoms with van der Waals surface area (Å²) in [6.45, 7) is 5.50. The molecule has 4 nitrogen and oxygen atoms in total. The predicted octanol–water partition coefficient (Wildman–Crippen LogP) is 2.34. The molecule has 20 heavy (non-hydrogen) atoms. The van der Waals surface area contributed by atoms with E-state index in [0.717, 1.165) is 24.8 Å². The number of pyridine rings is 1. The van der Waals surface area contributed by atoms with Gasteiger partial charge in [0.2, 0.25) is 5.91 Å². The summed E-state index contributed by atoms with van der Waals surface area (Å²) < 4.78 is 0. The molecule has 2 N–H and O–H groups in total. The zero-order chi connectivity index (χ0) is 14.6. The summed E-state index contributed by atoms with van der Waals surface area (Å²) >= 11 is 0. The van der Waals surface area contributed by atoms with Crippen LogP contribution in [0.2, 0.25) is 0 Å². The highest BCUT2D eigenvalue weighted by atomic mass is 16.2. The van der Waals surface area contributed by atoms with Gasteiger partial charge < -0.3 is 10.6 Å². The Morgan fingerprint density at radius 3 is 2.80 bits per heavy atom. The molecule has 1 aliphatic carbocycles. The van der Waals surface area contributed by atoms with Crippen molar-refractivity contribution in [1.29, 1.82) is 0 Å². The van der Waals surface area contributed by atoms with Gasteiger partial charge in [-0.25, -0.2) is 0 Å². The molecule has 110 valence electrons. The van der Waals surface area contributed by atoms with Gasteiger partial charge in [-0.2, -0.15) is 0 Å². The normalized spacial score (nSPS) is 26.2. The average molecular weight is 275 g/mol. The molecule has 2 rings (SSSR count). The lowest BCUT2D eigenvalue weighted by molar-refractivity contribution is -0.139. The minimum Gasteiger partial charge on any atom is -0.337 e. The van der Waals surface area contributed by atoms with Gasteiger partial charge in [-0.3, -0.25) is 9.78 Å². The second-order valence-electron chi connectivity index (χ2n) is 6.03. The number of aromatic nitrogens is 1. The largest absolute Gasteiger partial charge is 0.337 e. The van der Waals surface area contributed by atoms with Crippen molar-refractivity contribution >= 4 is 5.91 Å². The minimum atomic E-state index is -0.666. The minimum absolute atomic E-state index is 0.100. The van der Waals surface area contributed by atoms with Gasteiger partial charge in [-0.05, 0) is 43.4 Å². The van der Waals surface area contributed by atoms with Crippen LogP contribution in [0.5, 0.6) is 0 Å². The van der Waals surface area contributed by atoms with Gasteiger partial charge >= 0.3 is 0 Å². The van der Waals surface area contributed by atoms with Gasteiger partial charge in [0.1, 0.15) is 0 Å². The summed E-state index contributed by atoms with van der Waals surface area (Å²) in [6, 6.07) is 3.89. The third-order valence-electron chi connectivity index (χ3n) is 4.25. The molecule has 1 aromatic heterocycles. The molecule has 0 spiro atoms. The zero-order valence-corrected chi connectivity index (χ0v) is 12.5. The third-order valence-corrected chi connectivity index (χ3v) is 4.25. The fourth-order valence-corrected chi connectivity index (χ4v) is 3.14. The van der Waals surface area contributed by atoms with Gasteiger partial charge in [0, 0.05) is 25.5 Å². The Labute approximate surface area is 121 Å². The van der Waals surface area contributed by atoms with E-state index in [0.29, 0.717) is 19.0 Å². The van der Waals surface area contributed by atoms with E-state index in [9.17, 15) is 4.79 Å². The molecular formula is C16H25N3O. The van der Waals surface area contributed by atoms with Crippen molar-refractivity contribution in [3.8, 4) is 0 Å². The smallest absolute Gasteiger partial charge is 0.242 e. The molecule has 0 radical (unpaired) electrons. The highest BCUT2D eigenvalue weighted by Gasteiger charge is 2.40. The van der Waals surface area contributed by atoms with Gasteiger partial charge in [-0.15, -0.1) is 0 Å². The Bertz CT molecular complexity index is 448. The molecule has 1 heterocycles. The summed E-state index contributed by atoms with van der Waals surface area (Å²) in [5.41, 5.74) is 6.85. The van der Waals surface area contributed by atoms with Crippen LogP contribution in [0.4, 0.5) is 0 Å². The van der Waals surface area contributed by atoms with Crippen LogP contribution in [0.3, 0.4) is 0 Å². The van der Waals surface area contributed by atoms with Crippen molar-refractivity contribution in [2.45, 2.75) is 51.6 Å². The SMILES string of the molecule is CCN(Cc1ccncc1)C(=O)C1(N)CCCC(C)C1. The van der Waals surface area contributed by atoms with Gasteiger partial charge in [0.25, 0.3) is 0 Å². The quantitative estimate of drug-likeness (QED) is 0.917. The number of amides is 1. The first-order valence-electron chi connectivity index (χ1n) is 7.52. The fourth-order valence-electron chi connectivity index (χ4n) is 3.14. The van der Waals surface area contributed by atoms with E-state index >= 15 is 0 Å². The van der Waals surface area contributed by atoms with E-state index in [2.05, 4.69) is 11.9 Å². The highest BCUT2D eigenvalue weighted by molar-refractivity contribution is 5.86. The zero-order valence-electron chi connectivity index (χ0n) is 12.5. The molecule has 4 heteroatoms. The van der Waals surface area contributed by atoms with Crippen molar-refractivity contribution < 1.29 is 4.79 Å². The van der Waals surface area contributed by atoms with Crippen LogP contribution < -0.4 is 5.73 Å². The van der Waals surface area contributed by atoms with Crippen molar-refractivity contribution in [3.05, 3.63) is 30.1 Å². The fraction of sp³-hybridized carbons (Fsp3) is 0.625. The summed E-state index contributed by atoms with van der Waals surface area (Å²) in [7, 11) is 0. The third kappa shape index (κ3) is 3.37. The highest BCUT2D eigenvalue weighted by Crippen LogP contribution is 2.32. The van der Waals surface area contributed by atoms with E-state index in [1.807, 2.05) is 24.0 Å². The lowest BCUT2D eigenvalue weighted by Crippen LogP contribution is -2.57. The molecule has 0 bridgehead atoms. The molecule has 0 aromatic carbocycles. The lowest BCUT2D eigenvalue weighted by Gasteiger charge is -2.39. The number of rotatable bonds is 4. The Morgan fingerprint density at radius 1 is 1.50 bits per heavy atom. The molecule has 1 aliphatic rings. The summed E-state index contributed by atoms with van der Waals surface area (Å²) in [6.07, 6.45) is 7.36. The first-order chi connectivity index (χ1) is 9.55. The van der Waals surface area contributed by atoms with Crippen LogP contribution in [-0.4, -0.2) is 27.9 Å². The number of hydrogen-bond donors (Lipinski definition) is 1. The molecule has 2 atom stereocenters. The molecule has 0 aliphatic heterocycles. The predicted molar refractivity (Wildman–Crippen MR) is 79.9 cm³/mol. The van der Waals surface area contributed by atoms with Crippen LogP contribution in [-0.2, 0) is 11.3 Å². The van der Waals surface area contributed by atoms with Crippen molar-refractivity contribution in [3.63, 3.8) is 0 Å². The van der Waals surface area contributed by atoms with Crippen molar-refractivity contribution in [2.75, 3.05) is 6.54 Å². The monoisotopic (exact) mass is 275 g/mol. The van der Waals surface area contributed by atoms with E-state index in [1.54, 1.807) is 12.4 Å². The average Bonchev–Trinajstić information content (AvgIpc) is 2.45. The second kappa shape index (κ2) is 6.35. The van der Waals surface area contributed by atoms with E-state index < -0.39 is 5.54 Å². The summed E-state index contributed by atoms with van der Waals surface area (Å²) in [5, 5.41) is 0. The first-order valence-corrected chi connectivity index (χ1v) is 7.52. The Kier molecular flexibility index (Phi) is 4.76. The molecule has 1 aromatic rings. The summed E-state index contributed by atoms with van der Waals surface area (Å²) in [4.78, 5) is 18.7. The molecular weight excluding hydrogens is 250 g/mol. The standard InChI is InChI=1S/C16H25N3O/c1-3-19(12-14-6-9-18-10-7-14)15(20)16(17)8-4-5-13(2)11-16/h6-7,9-10,13H,3-5,8,11-12,17H2,1-2H3. The maximum atomic E-state index is 12.8. The van der Waals surface area contributed by atoms with E-state index in [-0.39, 0.29) is 5.91 Å². The number of carbonyl (C=O) groups is 1. The number of carbonyl (C=O) groups excluding carboxylic acids is 1. The van der Waals surface area contributed by atoms with Crippen LogP contribution in [0.15, 0.2) is 24.5 Å². The van der Waals surface area contributed by atoms with E-state index in [4.69, 9.17) is 5.73 Å². The molecule has 1 fully saturated rings. The molecule has 1 saturated carbocycles. The van der Waals surface area contributed by atoms with Crippen LogP contribution in [0, 0.1) is 5.92 Å². The maximum absolute atomic E-state index is 12.8. The summed E-state index contributed by atoms with van der Waals surface area (Å²) in [5.74, 6) is 0.640. The first kappa shape index (κ1) is 15.0. The molecule has 0 saturated heterocycles. The topological polar surface area (TPSA) is 59.2 Å². The van der Waals surface area contributed by atoms with Crippen molar-refractivity contribution in [2.24, 2.45) is 11.7 Å². The number of nitrogens with zero attached hydrogens (tertiary/aromatic N) is 2. The van der Waals surface area contributed by atoms with Gasteiger partial charge in [-0.1, -0.05) is 19.8 Å². The van der Waals surface area contributed by atoms with Crippen LogP contribution >= 0.6 is 0 Å².